The van der Waals surface area contributed by atoms with Crippen LogP contribution in [-0.2, 0) is 14.6 Å². The van der Waals surface area contributed by atoms with Crippen molar-refractivity contribution in [2.45, 2.75) is 42.8 Å². The summed E-state index contributed by atoms with van der Waals surface area (Å²) >= 11 is 0. The van der Waals surface area contributed by atoms with Crippen molar-refractivity contribution < 1.29 is 18.3 Å². The second-order valence-corrected chi connectivity index (χ2v) is 13.8. The number of hydrogen-bond acceptors (Lipinski definition) is 3. The van der Waals surface area contributed by atoms with Crippen LogP contribution in [0.25, 0.3) is 0 Å². The van der Waals surface area contributed by atoms with Gasteiger partial charge in [-0.3, -0.25) is 4.79 Å². The minimum atomic E-state index is -3.59. The van der Waals surface area contributed by atoms with Gasteiger partial charge in [-0.05, 0) is 19.1 Å². The van der Waals surface area contributed by atoms with E-state index in [1.54, 1.807) is 24.3 Å². The van der Waals surface area contributed by atoms with Crippen molar-refractivity contribution in [2.24, 2.45) is 0 Å². The molecular weight excluding hydrogens is 280 g/mol. The Labute approximate surface area is 115 Å². The predicted octanol–water partition coefficient (Wildman–Crippen LogP) is 2.49. The average molecular weight is 300 g/mol. The van der Waals surface area contributed by atoms with E-state index in [0.29, 0.717) is 0 Å². The normalized spacial score (nSPS) is 14.1. The Morgan fingerprint density at radius 2 is 1.68 bits per heavy atom. The first kappa shape index (κ1) is 15.9. The topological polar surface area (TPSA) is 71.4 Å². The number of carbonyl (C=O) groups is 1. The largest absolute Gasteiger partial charge is 0.481 e. The first-order valence-electron chi connectivity index (χ1n) is 6.07. The lowest BCUT2D eigenvalue weighted by atomic mass is 10.2. The summed E-state index contributed by atoms with van der Waals surface area (Å²) in [6.45, 7) is 7.52. The van der Waals surface area contributed by atoms with E-state index < -0.39 is 28.8 Å². The number of carboxylic acids is 1. The highest BCUT2D eigenvalue weighted by molar-refractivity contribution is 7.94. The van der Waals surface area contributed by atoms with Crippen molar-refractivity contribution in [3.8, 4) is 0 Å². The summed E-state index contributed by atoms with van der Waals surface area (Å²) in [7, 11) is -5.74. The molecule has 0 aliphatic heterocycles. The first-order valence-corrected chi connectivity index (χ1v) is 11.2. The maximum absolute atomic E-state index is 12.6. The minimum Gasteiger partial charge on any atom is -0.481 e. The number of aryl methyl sites for hydroxylation is 1. The Balaban J connectivity index is 3.27. The van der Waals surface area contributed by atoms with Crippen LogP contribution in [0.5, 0.6) is 0 Å². The third-order valence-electron chi connectivity index (χ3n) is 3.05. The van der Waals surface area contributed by atoms with Crippen LogP contribution in [0, 0.1) is 6.92 Å². The molecule has 1 atom stereocenters. The quantitative estimate of drug-likeness (QED) is 0.848. The lowest BCUT2D eigenvalue weighted by molar-refractivity contribution is -0.136. The molecular formula is C13H20O4SSi. The van der Waals surface area contributed by atoms with Crippen LogP contribution in [0.3, 0.4) is 0 Å². The van der Waals surface area contributed by atoms with Gasteiger partial charge in [-0.2, -0.15) is 0 Å². The molecule has 0 aliphatic carbocycles. The monoisotopic (exact) mass is 300 g/mol. The molecule has 0 bridgehead atoms. The zero-order valence-electron chi connectivity index (χ0n) is 11.7. The zero-order chi connectivity index (χ0) is 14.8. The molecule has 0 saturated heterocycles. The molecule has 4 nitrogen and oxygen atoms in total. The molecule has 19 heavy (non-hydrogen) atoms. The van der Waals surface area contributed by atoms with Gasteiger partial charge in [0.1, 0.15) is 0 Å². The lowest BCUT2D eigenvalue weighted by Crippen LogP contribution is -2.45. The number of hydrogen-bond donors (Lipinski definition) is 1. The third kappa shape index (κ3) is 3.91. The van der Waals surface area contributed by atoms with Gasteiger partial charge in [0.15, 0.2) is 9.84 Å². The van der Waals surface area contributed by atoms with Gasteiger partial charge in [0.2, 0.25) is 0 Å². The lowest BCUT2D eigenvalue weighted by Gasteiger charge is -2.27. The molecule has 6 heteroatoms. The van der Waals surface area contributed by atoms with Gasteiger partial charge in [0, 0.05) is 0 Å². The fourth-order valence-electron chi connectivity index (χ4n) is 1.93. The van der Waals surface area contributed by atoms with E-state index in [1.165, 1.54) is 0 Å². The molecule has 1 rings (SSSR count). The third-order valence-corrected chi connectivity index (χ3v) is 10.1. The number of carboxylic acid groups (broad SMARTS) is 1. The van der Waals surface area contributed by atoms with Gasteiger partial charge in [-0.15, -0.1) is 0 Å². The molecule has 0 saturated carbocycles. The molecule has 0 spiro atoms. The van der Waals surface area contributed by atoms with Gasteiger partial charge < -0.3 is 5.11 Å². The van der Waals surface area contributed by atoms with Crippen LogP contribution in [-0.4, -0.2) is 32.4 Å². The van der Waals surface area contributed by atoms with Gasteiger partial charge in [-0.1, -0.05) is 37.3 Å². The van der Waals surface area contributed by atoms with Crippen molar-refractivity contribution in [3.63, 3.8) is 0 Å². The molecule has 0 radical (unpaired) electrons. The van der Waals surface area contributed by atoms with Crippen LogP contribution in [0.1, 0.15) is 12.0 Å². The smallest absolute Gasteiger partial charge is 0.304 e. The van der Waals surface area contributed by atoms with Crippen LogP contribution in [0.4, 0.5) is 0 Å². The molecule has 0 aliphatic rings. The number of rotatable bonds is 5. The van der Waals surface area contributed by atoms with E-state index in [1.807, 2.05) is 26.6 Å². The van der Waals surface area contributed by atoms with Crippen molar-refractivity contribution in [1.82, 2.24) is 0 Å². The van der Waals surface area contributed by atoms with Crippen molar-refractivity contribution >= 4 is 23.9 Å². The minimum absolute atomic E-state index is 0.215. The van der Waals surface area contributed by atoms with Crippen molar-refractivity contribution in [1.29, 1.82) is 0 Å². The maximum atomic E-state index is 12.6. The second-order valence-electron chi connectivity index (χ2n) is 5.81. The number of aliphatic carboxylic acids is 1. The molecule has 0 aromatic heterocycles. The van der Waals surface area contributed by atoms with Crippen LogP contribution in [0.2, 0.25) is 19.6 Å². The Morgan fingerprint density at radius 3 is 2.05 bits per heavy atom. The SMILES string of the molecule is Cc1ccc(S(=O)(=O)C(CC(=O)O)[Si](C)(C)C)cc1. The van der Waals surface area contributed by atoms with Gasteiger partial charge in [0.25, 0.3) is 0 Å². The van der Waals surface area contributed by atoms with Crippen molar-refractivity contribution in [3.05, 3.63) is 29.8 Å². The summed E-state index contributed by atoms with van der Waals surface area (Å²) in [4.78, 5) is 10.4. The summed E-state index contributed by atoms with van der Waals surface area (Å²) in [6.07, 6.45) is -0.327. The maximum Gasteiger partial charge on any atom is 0.304 e. The number of sulfone groups is 1. The van der Waals surface area contributed by atoms with E-state index in [9.17, 15) is 13.2 Å². The molecule has 1 unspecified atom stereocenters. The predicted molar refractivity (Wildman–Crippen MR) is 77.8 cm³/mol. The van der Waals surface area contributed by atoms with Crippen LogP contribution < -0.4 is 0 Å². The van der Waals surface area contributed by atoms with Gasteiger partial charge >= 0.3 is 5.97 Å². The first-order chi connectivity index (χ1) is 8.55. The van der Waals surface area contributed by atoms with E-state index in [2.05, 4.69) is 0 Å². The highest BCUT2D eigenvalue weighted by Crippen LogP contribution is 2.26. The Bertz CT molecular complexity index is 555. The van der Waals surface area contributed by atoms with Gasteiger partial charge in [0.05, 0.1) is 24.3 Å². The van der Waals surface area contributed by atoms with Crippen LogP contribution in [0.15, 0.2) is 29.2 Å². The highest BCUT2D eigenvalue weighted by atomic mass is 32.2. The molecule has 1 aromatic carbocycles. The summed E-state index contributed by atoms with van der Waals surface area (Å²) < 4.78 is 25.2. The Morgan fingerprint density at radius 1 is 1.21 bits per heavy atom. The van der Waals surface area contributed by atoms with E-state index in [0.717, 1.165) is 5.56 Å². The molecule has 0 fully saturated rings. The van der Waals surface area contributed by atoms with Crippen LogP contribution >= 0.6 is 0 Å². The summed E-state index contributed by atoms with van der Waals surface area (Å²) in [5.74, 6) is -1.07. The molecule has 1 aromatic rings. The highest BCUT2D eigenvalue weighted by Gasteiger charge is 2.40. The van der Waals surface area contributed by atoms with E-state index >= 15 is 0 Å². The van der Waals surface area contributed by atoms with Crippen molar-refractivity contribution in [2.75, 3.05) is 0 Å². The zero-order valence-corrected chi connectivity index (χ0v) is 13.5. The summed E-state index contributed by atoms with van der Waals surface area (Å²) in [5, 5.41) is 8.96. The molecule has 0 amide bonds. The second kappa shape index (κ2) is 5.46. The summed E-state index contributed by atoms with van der Waals surface area (Å²) in [6, 6.07) is 6.57. The van der Waals surface area contributed by atoms with E-state index in [-0.39, 0.29) is 11.3 Å². The summed E-state index contributed by atoms with van der Waals surface area (Å²) in [5.41, 5.74) is 0.974. The number of benzene rings is 1. The van der Waals surface area contributed by atoms with Gasteiger partial charge in [-0.25, -0.2) is 8.42 Å². The molecule has 0 heterocycles. The molecule has 1 N–H and O–H groups in total. The molecule has 106 valence electrons. The van der Waals surface area contributed by atoms with E-state index in [4.69, 9.17) is 5.11 Å². The fourth-order valence-corrected chi connectivity index (χ4v) is 8.06. The fraction of sp³-hybridized carbons (Fsp3) is 0.462. The Kier molecular flexibility index (Phi) is 4.57. The standard InChI is InChI=1S/C13H20O4SSi/c1-10-5-7-11(8-6-10)18(16,17)13(9-12(14)15)19(2,3)4/h5-8,13H,9H2,1-4H3,(H,14,15). The average Bonchev–Trinajstić information content (AvgIpc) is 2.24. The Hall–Kier alpha value is -1.14.